The number of rotatable bonds is 1. The zero-order valence-electron chi connectivity index (χ0n) is 4.23. The largest absolute Gasteiger partial charge is 0.232 e. The fraction of sp³-hybridized carbons (Fsp3) is 0.750. The third kappa shape index (κ3) is 4.57. The van der Waals surface area contributed by atoms with Crippen LogP contribution in [0.3, 0.4) is 0 Å². The van der Waals surface area contributed by atoms with Crippen LogP contribution in [-0.2, 0) is 0 Å². The fourth-order valence-electron chi connectivity index (χ4n) is 0.295. The van der Waals surface area contributed by atoms with Crippen LogP contribution in [-0.4, -0.2) is 11.6 Å². The quantitative estimate of drug-likeness (QED) is 0.305. The highest BCUT2D eigenvalue weighted by molar-refractivity contribution is 8.76. The van der Waals surface area contributed by atoms with E-state index in [-0.39, 0.29) is 9.52 Å². The molecule has 0 aliphatic heterocycles. The van der Waals surface area contributed by atoms with Crippen LogP contribution in [0.4, 0.5) is 0 Å². The van der Waals surface area contributed by atoms with E-state index in [0.29, 0.717) is 0 Å². The van der Waals surface area contributed by atoms with Crippen LogP contribution in [0, 0.1) is 0 Å². The molecule has 0 saturated carbocycles. The molecule has 0 aliphatic carbocycles. The summed E-state index contributed by atoms with van der Waals surface area (Å²) in [6, 6.07) is 0. The molecule has 0 heterocycles. The molecule has 40 valence electrons. The van der Waals surface area contributed by atoms with E-state index >= 15 is 0 Å². The minimum Gasteiger partial charge on any atom is -0.232 e. The van der Waals surface area contributed by atoms with Crippen molar-refractivity contribution < 1.29 is 0 Å². The molecule has 6 heavy (non-hydrogen) atoms. The minimum atomic E-state index is -0.316. The van der Waals surface area contributed by atoms with Crippen LogP contribution < -0.4 is 0 Å². The van der Waals surface area contributed by atoms with Crippen LogP contribution in [0.25, 0.3) is 0 Å². The number of hydrogen-bond donors (Lipinski definition) is 1. The fourth-order valence-corrected chi connectivity index (χ4v) is 1.43. The van der Waals surface area contributed by atoms with E-state index in [0.717, 1.165) is 0 Å². The zero-order chi connectivity index (χ0) is 4.99. The molecule has 0 rings (SSSR count). The topological polar surface area (TPSA) is 0 Å². The van der Waals surface area contributed by atoms with Gasteiger partial charge in [-0.1, -0.05) is 12.3 Å². The molecule has 2 heteroatoms. The summed E-state index contributed by atoms with van der Waals surface area (Å²) in [5, 5.41) is 2.26. The lowest BCUT2D eigenvalue weighted by molar-refractivity contribution is 1.35. The van der Waals surface area contributed by atoms with E-state index in [9.17, 15) is 0 Å². The minimum absolute atomic E-state index is 0.316. The molecule has 0 spiro atoms. The maximum atomic E-state index is 4.22. The zero-order valence-corrected chi connectivity index (χ0v) is 6.13. The lowest BCUT2D eigenvalue weighted by atomic mass is 10.6. The molecule has 0 bridgehead atoms. The van der Waals surface area contributed by atoms with Gasteiger partial charge in [0.05, 0.1) is 0 Å². The maximum absolute atomic E-state index is 4.22. The van der Waals surface area contributed by atoms with Crippen molar-refractivity contribution in [1.29, 1.82) is 0 Å². The Morgan fingerprint density at radius 3 is 2.33 bits per heavy atom. The molecular formula is C4H12S2. The second-order valence-corrected chi connectivity index (χ2v) is 5.06. The highest BCUT2D eigenvalue weighted by atomic mass is 33.1. The Balaban J connectivity index is 3.14. The van der Waals surface area contributed by atoms with Crippen molar-refractivity contribution in [2.24, 2.45) is 0 Å². The first-order chi connectivity index (χ1) is 2.77. The van der Waals surface area contributed by atoms with E-state index in [1.807, 2.05) is 0 Å². The van der Waals surface area contributed by atoms with Crippen molar-refractivity contribution in [2.45, 2.75) is 13.3 Å². The molecule has 0 amide bonds. The summed E-state index contributed by atoms with van der Waals surface area (Å²) in [6.07, 6.45) is 3.34. The lowest BCUT2D eigenvalue weighted by Crippen LogP contribution is -1.60. The van der Waals surface area contributed by atoms with Crippen LogP contribution in [0.2, 0.25) is 0 Å². The summed E-state index contributed by atoms with van der Waals surface area (Å²) in [5.41, 5.74) is 0. The molecule has 0 atom stereocenters. The predicted octanol–water partition coefficient (Wildman–Crippen LogP) is 1.41. The molecule has 0 nitrogen and oxygen atoms in total. The van der Waals surface area contributed by atoms with Crippen molar-refractivity contribution in [3.8, 4) is 0 Å². The number of hydrogen-bond acceptors (Lipinski definition) is 1. The third-order valence-electron chi connectivity index (χ3n) is 0.500. The molecule has 0 aliphatic rings. The molecule has 0 saturated heterocycles. The second-order valence-electron chi connectivity index (χ2n) is 1.25. The van der Waals surface area contributed by atoms with Crippen molar-refractivity contribution in [2.75, 3.05) is 6.26 Å². The Kier molecular flexibility index (Phi) is 4.11. The van der Waals surface area contributed by atoms with Gasteiger partial charge in [0, 0.05) is 0 Å². The summed E-state index contributed by atoms with van der Waals surface area (Å²) in [5.74, 6) is 0. The van der Waals surface area contributed by atoms with Gasteiger partial charge in [-0.25, -0.2) is 9.52 Å². The van der Waals surface area contributed by atoms with Gasteiger partial charge in [0.15, 0.2) is 0 Å². The smallest absolute Gasteiger partial charge is 0.0335 e. The Bertz CT molecular complexity index is 52.6. The first-order valence-electron chi connectivity index (χ1n) is 2.13. The summed E-state index contributed by atoms with van der Waals surface area (Å²) >= 11 is 4.22. The Morgan fingerprint density at radius 2 is 2.33 bits per heavy atom. The van der Waals surface area contributed by atoms with E-state index < -0.39 is 0 Å². The first-order valence-corrected chi connectivity index (χ1v) is 5.49. The third-order valence-corrected chi connectivity index (χ3v) is 2.05. The number of thiol groups is 1. The SMILES string of the molecule is CC/C=[SH2](/C)S. The van der Waals surface area contributed by atoms with Gasteiger partial charge in [0.2, 0.25) is 0 Å². The average molecular weight is 124 g/mol. The van der Waals surface area contributed by atoms with Gasteiger partial charge in [0.25, 0.3) is 0 Å². The highest BCUT2D eigenvalue weighted by Crippen LogP contribution is 2.09. The van der Waals surface area contributed by atoms with Gasteiger partial charge in [-0.2, -0.15) is 0 Å². The maximum Gasteiger partial charge on any atom is -0.0335 e. The van der Waals surface area contributed by atoms with E-state index in [2.05, 4.69) is 30.2 Å². The molecule has 0 aromatic carbocycles. The van der Waals surface area contributed by atoms with Crippen molar-refractivity contribution in [1.82, 2.24) is 0 Å². The Hall–Kier alpha value is 0.570. The molecule has 0 fully saturated rings. The van der Waals surface area contributed by atoms with Crippen molar-refractivity contribution in [3.05, 3.63) is 0 Å². The van der Waals surface area contributed by atoms with Gasteiger partial charge in [-0.15, -0.1) is 11.7 Å². The van der Waals surface area contributed by atoms with Crippen LogP contribution >= 0.6 is 21.2 Å². The van der Waals surface area contributed by atoms with Gasteiger partial charge in [-0.05, 0) is 12.7 Å². The molecule has 0 radical (unpaired) electrons. The van der Waals surface area contributed by atoms with Crippen molar-refractivity contribution in [3.63, 3.8) is 0 Å². The predicted molar refractivity (Wildman–Crippen MR) is 41.6 cm³/mol. The Labute approximate surface area is 46.7 Å². The van der Waals surface area contributed by atoms with Gasteiger partial charge in [-0.3, -0.25) is 0 Å². The van der Waals surface area contributed by atoms with Gasteiger partial charge in [0.1, 0.15) is 0 Å². The molecule has 0 aromatic rings. The van der Waals surface area contributed by atoms with E-state index in [1.54, 1.807) is 0 Å². The lowest BCUT2D eigenvalue weighted by Gasteiger charge is -1.86. The molecule has 0 N–H and O–H groups in total. The molecule has 0 unspecified atom stereocenters. The Morgan fingerprint density at radius 1 is 1.83 bits per heavy atom. The summed E-state index contributed by atoms with van der Waals surface area (Å²) in [4.78, 5) is 0. The van der Waals surface area contributed by atoms with E-state index in [1.165, 1.54) is 6.42 Å². The monoisotopic (exact) mass is 124 g/mol. The molecular weight excluding hydrogens is 112 g/mol. The normalized spacial score (nSPS) is 18.2. The second kappa shape index (κ2) is 3.75. The van der Waals surface area contributed by atoms with Gasteiger partial charge < -0.3 is 0 Å². The van der Waals surface area contributed by atoms with Crippen molar-refractivity contribution >= 4 is 26.5 Å². The first kappa shape index (κ1) is 6.57. The molecule has 0 aromatic heterocycles. The highest BCUT2D eigenvalue weighted by Gasteiger charge is 1.62. The van der Waals surface area contributed by atoms with Gasteiger partial charge >= 0.3 is 0 Å². The summed E-state index contributed by atoms with van der Waals surface area (Å²) in [7, 11) is -0.316. The summed E-state index contributed by atoms with van der Waals surface area (Å²) in [6.45, 7) is 2.14. The van der Waals surface area contributed by atoms with Crippen LogP contribution in [0.5, 0.6) is 0 Å². The van der Waals surface area contributed by atoms with E-state index in [4.69, 9.17) is 0 Å². The van der Waals surface area contributed by atoms with Crippen LogP contribution in [0.15, 0.2) is 0 Å². The van der Waals surface area contributed by atoms with Crippen LogP contribution in [0.1, 0.15) is 13.3 Å². The average Bonchev–Trinajstić information content (AvgIpc) is 1.35. The summed E-state index contributed by atoms with van der Waals surface area (Å²) < 4.78 is 0. The standard InChI is InChI=1S/C4H12S2/c1-3-4-6(2)5/h4-5H,3,6H2,1-2H3.